The molecular weight excluding hydrogens is 381 g/mol. The lowest BCUT2D eigenvalue weighted by Crippen LogP contribution is -2.27. The highest BCUT2D eigenvalue weighted by atomic mass is 19.4. The fraction of sp³-hybridized carbons (Fsp3) is 0.238. The normalized spacial score (nSPS) is 11.8. The molecule has 0 aliphatic rings. The molecule has 0 spiro atoms. The highest BCUT2D eigenvalue weighted by Gasteiger charge is 2.32. The third-order valence-electron chi connectivity index (χ3n) is 3.66. The minimum Gasteiger partial charge on any atom is -0.404 e. The van der Waals surface area contributed by atoms with Gasteiger partial charge in [0.15, 0.2) is 5.75 Å². The average molecular weight is 402 g/mol. The third kappa shape index (κ3) is 6.10. The Bertz CT molecular complexity index is 970. The van der Waals surface area contributed by atoms with Crippen LogP contribution in [0.25, 0.3) is 11.3 Å². The van der Waals surface area contributed by atoms with E-state index < -0.39 is 6.36 Å². The van der Waals surface area contributed by atoms with Gasteiger partial charge < -0.3 is 15.4 Å². The number of hydrogen-bond donors (Lipinski definition) is 2. The Morgan fingerprint density at radius 2 is 1.52 bits per heavy atom. The van der Waals surface area contributed by atoms with Crippen LogP contribution in [0.1, 0.15) is 20.8 Å². The number of para-hydroxylation sites is 2. The number of anilines is 3. The van der Waals surface area contributed by atoms with Crippen LogP contribution in [0, 0.1) is 0 Å². The van der Waals surface area contributed by atoms with Gasteiger partial charge in [-0.3, -0.25) is 0 Å². The van der Waals surface area contributed by atoms with Crippen molar-refractivity contribution in [2.45, 2.75) is 32.7 Å². The first-order valence-electron chi connectivity index (χ1n) is 8.94. The summed E-state index contributed by atoms with van der Waals surface area (Å²) < 4.78 is 42.2. The molecule has 0 saturated heterocycles. The summed E-state index contributed by atoms with van der Waals surface area (Å²) in [6, 6.07) is 16.9. The molecule has 152 valence electrons. The quantitative estimate of drug-likeness (QED) is 0.548. The van der Waals surface area contributed by atoms with Crippen LogP contribution in [0.15, 0.2) is 60.7 Å². The summed E-state index contributed by atoms with van der Waals surface area (Å²) in [7, 11) is 0. The fourth-order valence-corrected chi connectivity index (χ4v) is 2.58. The average Bonchev–Trinajstić information content (AvgIpc) is 2.61. The lowest BCUT2D eigenvalue weighted by Gasteiger charge is -2.21. The minimum atomic E-state index is -4.79. The summed E-state index contributed by atoms with van der Waals surface area (Å²) in [5.41, 5.74) is 1.33. The van der Waals surface area contributed by atoms with Crippen molar-refractivity contribution in [3.05, 3.63) is 60.7 Å². The van der Waals surface area contributed by atoms with Gasteiger partial charge in [0.1, 0.15) is 5.82 Å². The molecule has 0 unspecified atom stereocenters. The van der Waals surface area contributed by atoms with Gasteiger partial charge >= 0.3 is 6.36 Å². The van der Waals surface area contributed by atoms with Crippen LogP contribution < -0.4 is 15.4 Å². The Labute approximate surface area is 167 Å². The maximum absolute atomic E-state index is 12.7. The summed E-state index contributed by atoms with van der Waals surface area (Å²) in [6.45, 7) is 5.89. The summed E-state index contributed by atoms with van der Waals surface area (Å²) in [5, 5.41) is 6.11. The van der Waals surface area contributed by atoms with Gasteiger partial charge in [0, 0.05) is 17.2 Å². The molecule has 0 fully saturated rings. The highest BCUT2D eigenvalue weighted by molar-refractivity contribution is 5.70. The second-order valence-electron chi connectivity index (χ2n) is 7.37. The molecule has 29 heavy (non-hydrogen) atoms. The number of rotatable bonds is 5. The van der Waals surface area contributed by atoms with Crippen molar-refractivity contribution in [2.75, 3.05) is 10.6 Å². The Balaban J connectivity index is 2.00. The van der Waals surface area contributed by atoms with E-state index in [1.54, 1.807) is 12.1 Å². The molecule has 0 aliphatic heterocycles. The molecule has 8 heteroatoms. The van der Waals surface area contributed by atoms with Crippen LogP contribution >= 0.6 is 0 Å². The fourth-order valence-electron chi connectivity index (χ4n) is 2.58. The van der Waals surface area contributed by atoms with Gasteiger partial charge in [-0.25, -0.2) is 4.98 Å². The van der Waals surface area contributed by atoms with E-state index in [1.165, 1.54) is 18.2 Å². The monoisotopic (exact) mass is 402 g/mol. The molecule has 2 N–H and O–H groups in total. The van der Waals surface area contributed by atoms with Crippen LogP contribution in [0.5, 0.6) is 5.75 Å². The standard InChI is InChI=1S/C21H21F3N4O/c1-20(2,3)28-19-26-16(14-9-5-4-6-10-14)13-18(27-19)25-15-11-7-8-12-17(15)29-21(22,23)24/h4-13H,1-3H3,(H2,25,26,27,28). The first-order valence-corrected chi connectivity index (χ1v) is 8.94. The van der Waals surface area contributed by atoms with Gasteiger partial charge in [-0.15, -0.1) is 13.2 Å². The van der Waals surface area contributed by atoms with Crippen LogP contribution in [0.3, 0.4) is 0 Å². The largest absolute Gasteiger partial charge is 0.573 e. The Morgan fingerprint density at radius 1 is 0.862 bits per heavy atom. The van der Waals surface area contributed by atoms with Crippen molar-refractivity contribution in [3.63, 3.8) is 0 Å². The molecule has 0 amide bonds. The minimum absolute atomic E-state index is 0.143. The molecule has 1 aromatic heterocycles. The van der Waals surface area contributed by atoms with E-state index in [0.29, 0.717) is 17.5 Å². The van der Waals surface area contributed by atoms with Gasteiger partial charge in [-0.1, -0.05) is 42.5 Å². The number of nitrogens with zero attached hydrogens (tertiary/aromatic N) is 2. The van der Waals surface area contributed by atoms with Crippen molar-refractivity contribution < 1.29 is 17.9 Å². The highest BCUT2D eigenvalue weighted by Crippen LogP contribution is 2.32. The van der Waals surface area contributed by atoms with Gasteiger partial charge in [-0.2, -0.15) is 4.98 Å². The zero-order valence-electron chi connectivity index (χ0n) is 16.2. The summed E-state index contributed by atoms with van der Waals surface area (Å²) in [4.78, 5) is 8.95. The molecule has 2 aromatic carbocycles. The first kappa shape index (κ1) is 20.4. The van der Waals surface area contributed by atoms with Crippen molar-refractivity contribution >= 4 is 17.5 Å². The molecule has 0 bridgehead atoms. The molecule has 0 radical (unpaired) electrons. The maximum Gasteiger partial charge on any atom is 0.573 e. The Kier molecular flexibility index (Phi) is 5.63. The first-order chi connectivity index (χ1) is 13.6. The number of alkyl halides is 3. The molecule has 5 nitrogen and oxygen atoms in total. The maximum atomic E-state index is 12.7. The Hall–Kier alpha value is -3.29. The van der Waals surface area contributed by atoms with Crippen molar-refractivity contribution in [1.29, 1.82) is 0 Å². The number of benzene rings is 2. The summed E-state index contributed by atoms with van der Waals surface area (Å²) in [5.74, 6) is 0.351. The van der Waals surface area contributed by atoms with E-state index in [9.17, 15) is 13.2 Å². The number of aromatic nitrogens is 2. The van der Waals surface area contributed by atoms with Crippen molar-refractivity contribution in [1.82, 2.24) is 9.97 Å². The Morgan fingerprint density at radius 3 is 2.17 bits per heavy atom. The third-order valence-corrected chi connectivity index (χ3v) is 3.66. The van der Waals surface area contributed by atoms with Gasteiger partial charge in [0.2, 0.25) is 5.95 Å². The van der Waals surface area contributed by atoms with Crippen LogP contribution in [-0.4, -0.2) is 21.9 Å². The smallest absolute Gasteiger partial charge is 0.404 e. The summed E-state index contributed by atoms with van der Waals surface area (Å²) >= 11 is 0. The van der Waals surface area contributed by atoms with Crippen molar-refractivity contribution in [2.24, 2.45) is 0 Å². The van der Waals surface area contributed by atoms with E-state index in [1.807, 2.05) is 51.1 Å². The zero-order chi connectivity index (χ0) is 21.1. The lowest BCUT2D eigenvalue weighted by atomic mass is 10.1. The van der Waals surface area contributed by atoms with Gasteiger partial charge in [-0.05, 0) is 32.9 Å². The number of halogens is 3. The lowest BCUT2D eigenvalue weighted by molar-refractivity contribution is -0.274. The van der Waals surface area contributed by atoms with Crippen LogP contribution in [0.2, 0.25) is 0 Å². The van der Waals surface area contributed by atoms with Gasteiger partial charge in [0.25, 0.3) is 0 Å². The van der Waals surface area contributed by atoms with Gasteiger partial charge in [0.05, 0.1) is 11.4 Å². The zero-order valence-corrected chi connectivity index (χ0v) is 16.2. The van der Waals surface area contributed by atoms with E-state index >= 15 is 0 Å². The number of ether oxygens (including phenoxy) is 1. The van der Waals surface area contributed by atoms with Crippen molar-refractivity contribution in [3.8, 4) is 17.0 Å². The predicted octanol–water partition coefficient (Wildman–Crippen LogP) is 6.00. The summed E-state index contributed by atoms with van der Waals surface area (Å²) in [6.07, 6.45) is -4.79. The molecule has 0 atom stereocenters. The SMILES string of the molecule is CC(C)(C)Nc1nc(Nc2ccccc2OC(F)(F)F)cc(-c2ccccc2)n1. The molecule has 0 aliphatic carbocycles. The van der Waals surface area contributed by atoms with E-state index in [-0.39, 0.29) is 17.0 Å². The predicted molar refractivity (Wildman–Crippen MR) is 107 cm³/mol. The second-order valence-corrected chi connectivity index (χ2v) is 7.37. The van der Waals surface area contributed by atoms with Crippen LogP contribution in [0.4, 0.5) is 30.6 Å². The van der Waals surface area contributed by atoms with E-state index in [2.05, 4.69) is 25.3 Å². The van der Waals surface area contributed by atoms with E-state index in [0.717, 1.165) is 5.56 Å². The van der Waals surface area contributed by atoms with E-state index in [4.69, 9.17) is 0 Å². The molecule has 1 heterocycles. The molecule has 3 aromatic rings. The number of hydrogen-bond acceptors (Lipinski definition) is 5. The second kappa shape index (κ2) is 7.98. The topological polar surface area (TPSA) is 59.1 Å². The molecular formula is C21H21F3N4O. The number of nitrogens with one attached hydrogen (secondary N) is 2. The van der Waals surface area contributed by atoms with Crippen LogP contribution in [-0.2, 0) is 0 Å². The molecule has 0 saturated carbocycles. The molecule has 3 rings (SSSR count).